The summed E-state index contributed by atoms with van der Waals surface area (Å²) in [6.45, 7) is 8.65. The molecule has 1 aliphatic rings. The maximum atomic E-state index is 13.1. The van der Waals surface area contributed by atoms with Crippen LogP contribution in [0.4, 0.5) is 9.18 Å². The SMILES string of the molecule is CCN(CC)C(=O)C1CCN(C(=O)NC(C)COc2cccc(F)c2)CC1. The summed E-state index contributed by atoms with van der Waals surface area (Å²) in [6.07, 6.45) is 1.38. The van der Waals surface area contributed by atoms with Gasteiger partial charge in [0, 0.05) is 38.2 Å². The zero-order chi connectivity index (χ0) is 19.8. The van der Waals surface area contributed by atoms with Crippen LogP contribution in [0.5, 0.6) is 5.75 Å². The fraction of sp³-hybridized carbons (Fsp3) is 0.600. The summed E-state index contributed by atoms with van der Waals surface area (Å²) in [5.41, 5.74) is 0. The molecule has 1 aromatic rings. The number of hydrogen-bond donors (Lipinski definition) is 1. The number of piperidine rings is 1. The van der Waals surface area contributed by atoms with Gasteiger partial charge in [0.15, 0.2) is 0 Å². The molecular formula is C20H30FN3O3. The Bertz CT molecular complexity index is 629. The molecule has 3 amide bonds. The molecule has 6 nitrogen and oxygen atoms in total. The second kappa shape index (κ2) is 10.1. The van der Waals surface area contributed by atoms with E-state index in [-0.39, 0.29) is 36.3 Å². The van der Waals surface area contributed by atoms with Crippen molar-refractivity contribution in [1.29, 1.82) is 0 Å². The summed E-state index contributed by atoms with van der Waals surface area (Å²) in [5.74, 6) is 0.276. The summed E-state index contributed by atoms with van der Waals surface area (Å²) in [4.78, 5) is 28.4. The largest absolute Gasteiger partial charge is 0.491 e. The monoisotopic (exact) mass is 379 g/mol. The van der Waals surface area contributed by atoms with Gasteiger partial charge in [0.2, 0.25) is 5.91 Å². The second-order valence-corrected chi connectivity index (χ2v) is 6.89. The minimum absolute atomic E-state index is 0.00249. The van der Waals surface area contributed by atoms with E-state index < -0.39 is 0 Å². The quantitative estimate of drug-likeness (QED) is 0.792. The first-order valence-corrected chi connectivity index (χ1v) is 9.67. The molecule has 1 aliphatic heterocycles. The van der Waals surface area contributed by atoms with Crippen molar-refractivity contribution in [3.05, 3.63) is 30.1 Å². The van der Waals surface area contributed by atoms with Gasteiger partial charge < -0.3 is 19.9 Å². The third-order valence-electron chi connectivity index (χ3n) is 4.87. The Morgan fingerprint density at radius 3 is 2.56 bits per heavy atom. The maximum Gasteiger partial charge on any atom is 0.317 e. The van der Waals surface area contributed by atoms with Gasteiger partial charge in [0.25, 0.3) is 0 Å². The van der Waals surface area contributed by atoms with Crippen LogP contribution >= 0.6 is 0 Å². The number of ether oxygens (including phenoxy) is 1. The average Bonchev–Trinajstić information content (AvgIpc) is 2.67. The van der Waals surface area contributed by atoms with Crippen molar-refractivity contribution >= 4 is 11.9 Å². The first kappa shape index (κ1) is 21.0. The van der Waals surface area contributed by atoms with Crippen LogP contribution in [-0.4, -0.2) is 60.6 Å². The summed E-state index contributed by atoms with van der Waals surface area (Å²) >= 11 is 0. The minimum atomic E-state index is -0.355. The van der Waals surface area contributed by atoms with Gasteiger partial charge in [-0.1, -0.05) is 6.07 Å². The third-order valence-corrected chi connectivity index (χ3v) is 4.87. The number of nitrogens with one attached hydrogen (secondary N) is 1. The van der Waals surface area contributed by atoms with E-state index in [9.17, 15) is 14.0 Å². The molecule has 0 aliphatic carbocycles. The number of carbonyl (C=O) groups is 2. The highest BCUT2D eigenvalue weighted by molar-refractivity contribution is 5.79. The van der Waals surface area contributed by atoms with Gasteiger partial charge in [-0.3, -0.25) is 4.79 Å². The number of rotatable bonds is 7. The van der Waals surface area contributed by atoms with Crippen LogP contribution in [-0.2, 0) is 4.79 Å². The molecule has 7 heteroatoms. The summed E-state index contributed by atoms with van der Waals surface area (Å²) in [6, 6.07) is 5.56. The van der Waals surface area contributed by atoms with Crippen molar-refractivity contribution in [1.82, 2.24) is 15.1 Å². The molecule has 1 aromatic carbocycles. The van der Waals surface area contributed by atoms with Gasteiger partial charge in [0.1, 0.15) is 18.2 Å². The van der Waals surface area contributed by atoms with Crippen molar-refractivity contribution in [3.63, 3.8) is 0 Å². The minimum Gasteiger partial charge on any atom is -0.491 e. The number of amides is 3. The number of carbonyl (C=O) groups excluding carboxylic acids is 2. The van der Waals surface area contributed by atoms with Crippen LogP contribution in [0.3, 0.4) is 0 Å². The fourth-order valence-electron chi connectivity index (χ4n) is 3.24. The van der Waals surface area contributed by atoms with E-state index in [2.05, 4.69) is 5.32 Å². The highest BCUT2D eigenvalue weighted by Crippen LogP contribution is 2.20. The number of hydrogen-bond acceptors (Lipinski definition) is 3. The van der Waals surface area contributed by atoms with Crippen molar-refractivity contribution in [3.8, 4) is 5.75 Å². The molecule has 1 N–H and O–H groups in total. The summed E-state index contributed by atoms with van der Waals surface area (Å²) in [7, 11) is 0. The van der Waals surface area contributed by atoms with E-state index >= 15 is 0 Å². The molecule has 0 radical (unpaired) electrons. The Kier molecular flexibility index (Phi) is 7.88. The predicted octanol–water partition coefficient (Wildman–Crippen LogP) is 2.88. The van der Waals surface area contributed by atoms with E-state index in [1.807, 2.05) is 25.7 Å². The Balaban J connectivity index is 1.74. The lowest BCUT2D eigenvalue weighted by molar-refractivity contribution is -0.136. The fourth-order valence-corrected chi connectivity index (χ4v) is 3.24. The zero-order valence-corrected chi connectivity index (χ0v) is 16.4. The van der Waals surface area contributed by atoms with Gasteiger partial charge in [-0.2, -0.15) is 0 Å². The van der Waals surface area contributed by atoms with Gasteiger partial charge in [0.05, 0.1) is 6.04 Å². The average molecular weight is 379 g/mol. The highest BCUT2D eigenvalue weighted by Gasteiger charge is 2.29. The van der Waals surface area contributed by atoms with Gasteiger partial charge in [-0.15, -0.1) is 0 Å². The molecule has 1 saturated heterocycles. The molecule has 150 valence electrons. The van der Waals surface area contributed by atoms with Crippen LogP contribution in [0.2, 0.25) is 0 Å². The Hall–Kier alpha value is -2.31. The molecule has 0 aromatic heterocycles. The summed E-state index contributed by atoms with van der Waals surface area (Å²) in [5, 5.41) is 2.90. The molecule has 2 rings (SSSR count). The molecule has 0 bridgehead atoms. The van der Waals surface area contributed by atoms with Crippen LogP contribution < -0.4 is 10.1 Å². The lowest BCUT2D eigenvalue weighted by Crippen LogP contribution is -2.50. The van der Waals surface area contributed by atoms with Crippen LogP contribution in [0.25, 0.3) is 0 Å². The molecule has 1 unspecified atom stereocenters. The van der Waals surface area contributed by atoms with Crippen molar-refractivity contribution < 1.29 is 18.7 Å². The smallest absolute Gasteiger partial charge is 0.317 e. The van der Waals surface area contributed by atoms with Gasteiger partial charge in [-0.05, 0) is 45.7 Å². The Morgan fingerprint density at radius 1 is 1.30 bits per heavy atom. The molecule has 1 fully saturated rings. The molecule has 0 saturated carbocycles. The van der Waals surface area contributed by atoms with E-state index in [1.165, 1.54) is 12.1 Å². The molecule has 1 atom stereocenters. The topological polar surface area (TPSA) is 61.9 Å². The van der Waals surface area contributed by atoms with E-state index in [0.717, 1.165) is 13.1 Å². The normalized spacial score (nSPS) is 15.9. The number of urea groups is 1. The number of likely N-dealkylation sites (tertiary alicyclic amines) is 1. The van der Waals surface area contributed by atoms with Crippen molar-refractivity contribution in [2.45, 2.75) is 39.7 Å². The molecule has 0 spiro atoms. The van der Waals surface area contributed by atoms with Crippen LogP contribution in [0, 0.1) is 11.7 Å². The van der Waals surface area contributed by atoms with Gasteiger partial charge >= 0.3 is 6.03 Å². The Labute approximate surface area is 160 Å². The third kappa shape index (κ3) is 6.12. The van der Waals surface area contributed by atoms with Crippen molar-refractivity contribution in [2.75, 3.05) is 32.8 Å². The predicted molar refractivity (Wildman–Crippen MR) is 102 cm³/mol. The number of benzene rings is 1. The molecule has 1 heterocycles. The number of halogens is 1. The van der Waals surface area contributed by atoms with Crippen LogP contribution in [0.1, 0.15) is 33.6 Å². The first-order chi connectivity index (χ1) is 12.9. The summed E-state index contributed by atoms with van der Waals surface area (Å²) < 4.78 is 18.7. The Morgan fingerprint density at radius 2 is 1.96 bits per heavy atom. The van der Waals surface area contributed by atoms with E-state index in [1.54, 1.807) is 17.0 Å². The highest BCUT2D eigenvalue weighted by atomic mass is 19.1. The van der Waals surface area contributed by atoms with E-state index in [4.69, 9.17) is 4.74 Å². The zero-order valence-electron chi connectivity index (χ0n) is 16.4. The lowest BCUT2D eigenvalue weighted by Gasteiger charge is -2.34. The van der Waals surface area contributed by atoms with Crippen molar-refractivity contribution in [2.24, 2.45) is 5.92 Å². The standard InChI is InChI=1S/C20H30FN3O3/c1-4-23(5-2)19(25)16-9-11-24(12-10-16)20(26)22-15(3)14-27-18-8-6-7-17(21)13-18/h6-8,13,15-16H,4-5,9-12,14H2,1-3H3,(H,22,26). The first-order valence-electron chi connectivity index (χ1n) is 9.67. The maximum absolute atomic E-state index is 13.1. The molecule has 27 heavy (non-hydrogen) atoms. The van der Waals surface area contributed by atoms with Crippen LogP contribution in [0.15, 0.2) is 24.3 Å². The van der Waals surface area contributed by atoms with Gasteiger partial charge in [-0.25, -0.2) is 9.18 Å². The van der Waals surface area contributed by atoms with E-state index in [0.29, 0.717) is 31.7 Å². The lowest BCUT2D eigenvalue weighted by atomic mass is 9.95. The molecular weight excluding hydrogens is 349 g/mol. The second-order valence-electron chi connectivity index (χ2n) is 6.89. The number of nitrogens with zero attached hydrogens (tertiary/aromatic N) is 2.